The van der Waals surface area contributed by atoms with Crippen LogP contribution in [0.25, 0.3) is 5.69 Å². The van der Waals surface area contributed by atoms with Crippen molar-refractivity contribution in [2.24, 2.45) is 0 Å². The van der Waals surface area contributed by atoms with Gasteiger partial charge in [-0.05, 0) is 19.1 Å². The zero-order valence-electron chi connectivity index (χ0n) is 13.6. The van der Waals surface area contributed by atoms with Gasteiger partial charge in [0.1, 0.15) is 6.33 Å². The monoisotopic (exact) mass is 328 g/mol. The van der Waals surface area contributed by atoms with Crippen molar-refractivity contribution in [3.05, 3.63) is 42.0 Å². The SMILES string of the molecule is Cc1ccc(-n2cnc(C(=O)N3CCC4(CC3)OCCO4)n2)cc1. The van der Waals surface area contributed by atoms with Crippen molar-refractivity contribution in [3.63, 3.8) is 0 Å². The first kappa shape index (κ1) is 15.3. The van der Waals surface area contributed by atoms with E-state index < -0.39 is 5.79 Å². The Balaban J connectivity index is 1.45. The summed E-state index contributed by atoms with van der Waals surface area (Å²) in [7, 11) is 0. The number of amides is 1. The maximum Gasteiger partial charge on any atom is 0.293 e. The van der Waals surface area contributed by atoms with Gasteiger partial charge in [-0.1, -0.05) is 17.7 Å². The number of aromatic nitrogens is 3. The zero-order chi connectivity index (χ0) is 16.6. The summed E-state index contributed by atoms with van der Waals surface area (Å²) in [4.78, 5) is 18.6. The highest BCUT2D eigenvalue weighted by atomic mass is 16.7. The summed E-state index contributed by atoms with van der Waals surface area (Å²) in [5, 5.41) is 4.33. The second-order valence-electron chi connectivity index (χ2n) is 6.25. The van der Waals surface area contributed by atoms with E-state index in [0.29, 0.717) is 39.1 Å². The summed E-state index contributed by atoms with van der Waals surface area (Å²) in [5.74, 6) is -0.403. The van der Waals surface area contributed by atoms with E-state index in [9.17, 15) is 4.79 Å². The molecular formula is C17H20N4O3. The third-order valence-corrected chi connectivity index (χ3v) is 4.61. The Morgan fingerprint density at radius 1 is 1.12 bits per heavy atom. The average molecular weight is 328 g/mol. The Labute approximate surface area is 140 Å². The minimum absolute atomic E-state index is 0.145. The Kier molecular flexibility index (Phi) is 3.82. The van der Waals surface area contributed by atoms with E-state index in [-0.39, 0.29) is 11.7 Å². The lowest BCUT2D eigenvalue weighted by atomic mass is 10.0. The highest BCUT2D eigenvalue weighted by molar-refractivity contribution is 5.90. The van der Waals surface area contributed by atoms with Gasteiger partial charge in [0.15, 0.2) is 5.79 Å². The van der Waals surface area contributed by atoms with Gasteiger partial charge in [-0.2, -0.15) is 0 Å². The van der Waals surface area contributed by atoms with Crippen LogP contribution >= 0.6 is 0 Å². The van der Waals surface area contributed by atoms with Crippen LogP contribution in [0.5, 0.6) is 0 Å². The molecule has 1 spiro atoms. The van der Waals surface area contributed by atoms with Gasteiger partial charge in [-0.15, -0.1) is 5.10 Å². The van der Waals surface area contributed by atoms with E-state index >= 15 is 0 Å². The maximum atomic E-state index is 12.6. The van der Waals surface area contributed by atoms with Gasteiger partial charge < -0.3 is 14.4 Å². The van der Waals surface area contributed by atoms with E-state index in [1.165, 1.54) is 5.56 Å². The Bertz CT molecular complexity index is 725. The lowest BCUT2D eigenvalue weighted by Gasteiger charge is -2.37. The third kappa shape index (κ3) is 2.81. The number of aryl methyl sites for hydroxylation is 1. The maximum absolute atomic E-state index is 12.6. The van der Waals surface area contributed by atoms with Crippen molar-refractivity contribution in [1.29, 1.82) is 0 Å². The van der Waals surface area contributed by atoms with Crippen molar-refractivity contribution in [1.82, 2.24) is 19.7 Å². The summed E-state index contributed by atoms with van der Waals surface area (Å²) in [6.45, 7) is 4.49. The van der Waals surface area contributed by atoms with Crippen molar-refractivity contribution in [3.8, 4) is 5.69 Å². The van der Waals surface area contributed by atoms with Crippen molar-refractivity contribution in [2.75, 3.05) is 26.3 Å². The quantitative estimate of drug-likeness (QED) is 0.837. The molecule has 2 saturated heterocycles. The van der Waals surface area contributed by atoms with E-state index in [1.54, 1.807) is 15.9 Å². The first-order valence-corrected chi connectivity index (χ1v) is 8.21. The first-order valence-electron chi connectivity index (χ1n) is 8.21. The van der Waals surface area contributed by atoms with Crippen LogP contribution in [0, 0.1) is 6.92 Å². The molecule has 1 amide bonds. The molecule has 126 valence electrons. The van der Waals surface area contributed by atoms with Crippen LogP contribution in [0.1, 0.15) is 29.0 Å². The van der Waals surface area contributed by atoms with Crippen LogP contribution in [0.4, 0.5) is 0 Å². The topological polar surface area (TPSA) is 69.5 Å². The number of rotatable bonds is 2. The number of likely N-dealkylation sites (tertiary alicyclic amines) is 1. The summed E-state index contributed by atoms with van der Waals surface area (Å²) in [6.07, 6.45) is 2.96. The van der Waals surface area contributed by atoms with Crippen LogP contribution in [0.15, 0.2) is 30.6 Å². The Morgan fingerprint density at radius 2 is 1.79 bits per heavy atom. The normalized spacial score (nSPS) is 19.8. The fraction of sp³-hybridized carbons (Fsp3) is 0.471. The molecule has 1 aromatic carbocycles. The molecule has 7 nitrogen and oxygen atoms in total. The van der Waals surface area contributed by atoms with Gasteiger partial charge in [0.05, 0.1) is 18.9 Å². The van der Waals surface area contributed by atoms with Gasteiger partial charge in [0, 0.05) is 25.9 Å². The average Bonchev–Trinajstić information content (AvgIpc) is 3.26. The van der Waals surface area contributed by atoms with Crippen LogP contribution in [0.2, 0.25) is 0 Å². The molecule has 7 heteroatoms. The second kappa shape index (κ2) is 5.99. The number of carbonyl (C=O) groups excluding carboxylic acids is 1. The number of hydrogen-bond donors (Lipinski definition) is 0. The summed E-state index contributed by atoms with van der Waals surface area (Å²) in [5.41, 5.74) is 2.06. The van der Waals surface area contributed by atoms with E-state index in [4.69, 9.17) is 9.47 Å². The molecule has 2 aliphatic heterocycles. The second-order valence-corrected chi connectivity index (χ2v) is 6.25. The number of hydrogen-bond acceptors (Lipinski definition) is 5. The van der Waals surface area contributed by atoms with Crippen LogP contribution in [-0.4, -0.2) is 57.7 Å². The van der Waals surface area contributed by atoms with Crippen molar-refractivity contribution < 1.29 is 14.3 Å². The molecule has 2 fully saturated rings. The number of benzene rings is 1. The van der Waals surface area contributed by atoms with Gasteiger partial charge in [-0.3, -0.25) is 4.79 Å². The van der Waals surface area contributed by atoms with E-state index in [0.717, 1.165) is 5.69 Å². The third-order valence-electron chi connectivity index (χ3n) is 4.61. The first-order chi connectivity index (χ1) is 11.7. The Morgan fingerprint density at radius 3 is 2.46 bits per heavy atom. The van der Waals surface area contributed by atoms with Gasteiger partial charge in [-0.25, -0.2) is 9.67 Å². The molecule has 24 heavy (non-hydrogen) atoms. The van der Waals surface area contributed by atoms with Gasteiger partial charge in [0.25, 0.3) is 5.91 Å². The fourth-order valence-electron chi connectivity index (χ4n) is 3.16. The molecule has 2 aromatic rings. The Hall–Kier alpha value is -2.25. The fourth-order valence-corrected chi connectivity index (χ4v) is 3.16. The summed E-state index contributed by atoms with van der Waals surface area (Å²) < 4.78 is 13.0. The largest absolute Gasteiger partial charge is 0.347 e. The minimum atomic E-state index is -0.481. The molecule has 1 aromatic heterocycles. The lowest BCUT2D eigenvalue weighted by molar-refractivity contribution is -0.181. The minimum Gasteiger partial charge on any atom is -0.347 e. The smallest absolute Gasteiger partial charge is 0.293 e. The van der Waals surface area contributed by atoms with E-state index in [2.05, 4.69) is 10.1 Å². The molecular weight excluding hydrogens is 308 g/mol. The number of nitrogens with zero attached hydrogens (tertiary/aromatic N) is 4. The molecule has 0 saturated carbocycles. The molecule has 4 rings (SSSR count). The predicted octanol–water partition coefficient (Wildman–Crippen LogP) is 1.55. The van der Waals surface area contributed by atoms with Crippen molar-refractivity contribution >= 4 is 5.91 Å². The standard InChI is InChI=1S/C17H20N4O3/c1-13-2-4-14(5-3-13)21-12-18-15(19-21)16(22)20-8-6-17(7-9-20)23-10-11-24-17/h2-5,12H,6-11H2,1H3. The molecule has 0 aliphatic carbocycles. The molecule has 2 aliphatic rings. The molecule has 0 radical (unpaired) electrons. The van der Waals surface area contributed by atoms with Crippen LogP contribution in [0.3, 0.4) is 0 Å². The number of carbonyl (C=O) groups is 1. The van der Waals surface area contributed by atoms with Gasteiger partial charge >= 0.3 is 0 Å². The lowest BCUT2D eigenvalue weighted by Crippen LogP contribution is -2.47. The zero-order valence-corrected chi connectivity index (χ0v) is 13.6. The molecule has 0 unspecified atom stereocenters. The van der Waals surface area contributed by atoms with E-state index in [1.807, 2.05) is 31.2 Å². The van der Waals surface area contributed by atoms with Gasteiger partial charge in [0.2, 0.25) is 5.82 Å². The van der Waals surface area contributed by atoms with Crippen LogP contribution < -0.4 is 0 Å². The molecule has 0 atom stereocenters. The molecule has 0 bridgehead atoms. The van der Waals surface area contributed by atoms with Crippen molar-refractivity contribution in [2.45, 2.75) is 25.6 Å². The predicted molar refractivity (Wildman–Crippen MR) is 85.9 cm³/mol. The highest BCUT2D eigenvalue weighted by Crippen LogP contribution is 2.31. The molecule has 0 N–H and O–H groups in total. The number of piperidine rings is 1. The van der Waals surface area contributed by atoms with Crippen LogP contribution in [-0.2, 0) is 9.47 Å². The summed E-state index contributed by atoms with van der Waals surface area (Å²) >= 11 is 0. The molecule has 3 heterocycles. The summed E-state index contributed by atoms with van der Waals surface area (Å²) in [6, 6.07) is 7.92. The number of ether oxygens (including phenoxy) is 2. The highest BCUT2D eigenvalue weighted by Gasteiger charge is 2.41.